The fourth-order valence-corrected chi connectivity index (χ4v) is 4.41. The zero-order valence-electron chi connectivity index (χ0n) is 15.1. The average Bonchev–Trinajstić information content (AvgIpc) is 3.35. The maximum absolute atomic E-state index is 12.6. The summed E-state index contributed by atoms with van der Waals surface area (Å²) >= 11 is 1.33. The molecular formula is C19H25N5OS. The van der Waals surface area contributed by atoms with Crippen molar-refractivity contribution in [1.29, 1.82) is 0 Å². The maximum Gasteiger partial charge on any atom is 0.251 e. The second-order valence-corrected chi connectivity index (χ2v) is 7.97. The van der Waals surface area contributed by atoms with Crippen molar-refractivity contribution < 1.29 is 4.79 Å². The number of carbonyl (C=O) groups excluding carboxylic acids is 1. The fraction of sp³-hybridized carbons (Fsp3) is 0.526. The van der Waals surface area contributed by atoms with Gasteiger partial charge in [0.05, 0.1) is 0 Å². The average molecular weight is 372 g/mol. The number of benzene rings is 1. The monoisotopic (exact) mass is 371 g/mol. The lowest BCUT2D eigenvalue weighted by Crippen LogP contribution is -2.44. The molecule has 26 heavy (non-hydrogen) atoms. The molecule has 3 heterocycles. The molecule has 1 unspecified atom stereocenters. The molecule has 1 atom stereocenters. The number of amides is 1. The van der Waals surface area contributed by atoms with Crippen molar-refractivity contribution in [2.75, 3.05) is 33.2 Å². The Labute approximate surface area is 158 Å². The third kappa shape index (κ3) is 3.95. The van der Waals surface area contributed by atoms with Crippen LogP contribution in [0.5, 0.6) is 0 Å². The first-order chi connectivity index (χ1) is 12.7. The van der Waals surface area contributed by atoms with Crippen molar-refractivity contribution >= 4 is 17.4 Å². The summed E-state index contributed by atoms with van der Waals surface area (Å²) in [6.07, 6.45) is 3.52. The molecule has 2 aromatic rings. The molecule has 0 radical (unpaired) electrons. The van der Waals surface area contributed by atoms with Gasteiger partial charge in [-0.2, -0.15) is 0 Å². The van der Waals surface area contributed by atoms with Gasteiger partial charge in [-0.05, 0) is 63.1 Å². The first-order valence-corrected chi connectivity index (χ1v) is 10.1. The molecule has 0 saturated carbocycles. The zero-order valence-corrected chi connectivity index (χ0v) is 15.9. The van der Waals surface area contributed by atoms with Gasteiger partial charge >= 0.3 is 0 Å². The molecule has 0 bridgehead atoms. The van der Waals surface area contributed by atoms with Crippen LogP contribution in [0.15, 0.2) is 29.6 Å². The number of likely N-dealkylation sites (tertiary alicyclic amines) is 2. The van der Waals surface area contributed by atoms with Crippen molar-refractivity contribution in [3.63, 3.8) is 0 Å². The van der Waals surface area contributed by atoms with E-state index in [1.54, 1.807) is 0 Å². The largest absolute Gasteiger partial charge is 0.348 e. The molecule has 1 amide bonds. The minimum atomic E-state index is 0.0168. The number of hydrogen-bond acceptors (Lipinski definition) is 6. The topological polar surface area (TPSA) is 61.4 Å². The maximum atomic E-state index is 12.6. The SMILES string of the molecule is CN1CCC(N2CCC(NC(=O)c3ccc(-c4csnn4)cc3)C2)CC1. The van der Waals surface area contributed by atoms with Gasteiger partial charge in [-0.15, -0.1) is 5.10 Å². The summed E-state index contributed by atoms with van der Waals surface area (Å²) in [5.41, 5.74) is 2.55. The van der Waals surface area contributed by atoms with Crippen LogP contribution in [0.3, 0.4) is 0 Å². The van der Waals surface area contributed by atoms with Gasteiger partial charge in [0.25, 0.3) is 5.91 Å². The van der Waals surface area contributed by atoms with E-state index < -0.39 is 0 Å². The third-order valence-electron chi connectivity index (χ3n) is 5.56. The summed E-state index contributed by atoms with van der Waals surface area (Å²) < 4.78 is 3.88. The van der Waals surface area contributed by atoms with Crippen molar-refractivity contribution in [1.82, 2.24) is 24.7 Å². The van der Waals surface area contributed by atoms with E-state index in [-0.39, 0.29) is 11.9 Å². The van der Waals surface area contributed by atoms with Gasteiger partial charge in [0.1, 0.15) is 5.69 Å². The Morgan fingerprint density at radius 1 is 1.15 bits per heavy atom. The number of rotatable bonds is 4. The van der Waals surface area contributed by atoms with E-state index in [1.165, 1.54) is 37.5 Å². The summed E-state index contributed by atoms with van der Waals surface area (Å²) in [5, 5.41) is 9.18. The second kappa shape index (κ2) is 7.82. The molecule has 0 spiro atoms. The first-order valence-electron chi connectivity index (χ1n) is 9.30. The van der Waals surface area contributed by atoms with Gasteiger partial charge < -0.3 is 10.2 Å². The molecule has 1 aromatic carbocycles. The molecule has 2 aliphatic heterocycles. The Bertz CT molecular complexity index is 725. The van der Waals surface area contributed by atoms with E-state index in [0.29, 0.717) is 11.6 Å². The number of piperidine rings is 1. The molecule has 1 aromatic heterocycles. The molecule has 2 aliphatic rings. The lowest BCUT2D eigenvalue weighted by atomic mass is 10.0. The van der Waals surface area contributed by atoms with Crippen LogP contribution >= 0.6 is 11.5 Å². The lowest BCUT2D eigenvalue weighted by molar-refractivity contribution is 0.0932. The van der Waals surface area contributed by atoms with Crippen LogP contribution in [-0.4, -0.2) is 70.6 Å². The summed E-state index contributed by atoms with van der Waals surface area (Å²) in [6, 6.07) is 8.54. The van der Waals surface area contributed by atoms with Gasteiger partial charge in [-0.3, -0.25) is 9.69 Å². The molecule has 138 valence electrons. The molecular weight excluding hydrogens is 346 g/mol. The van der Waals surface area contributed by atoms with E-state index in [1.807, 2.05) is 29.6 Å². The molecule has 2 saturated heterocycles. The standard InChI is InChI=1S/C19H25N5OS/c1-23-9-7-17(8-10-23)24-11-6-16(12-24)20-19(25)15-4-2-14(3-5-15)18-13-26-22-21-18/h2-5,13,16-17H,6-12H2,1H3,(H,20,25). The fourth-order valence-electron chi connectivity index (χ4n) is 3.95. The van der Waals surface area contributed by atoms with Crippen molar-refractivity contribution in [2.45, 2.75) is 31.3 Å². The van der Waals surface area contributed by atoms with Crippen LogP contribution in [0, 0.1) is 0 Å². The Morgan fingerprint density at radius 2 is 1.92 bits per heavy atom. The quantitative estimate of drug-likeness (QED) is 0.892. The van der Waals surface area contributed by atoms with Crippen LogP contribution < -0.4 is 5.32 Å². The molecule has 2 fully saturated rings. The summed E-state index contributed by atoms with van der Waals surface area (Å²) in [4.78, 5) is 17.5. The minimum Gasteiger partial charge on any atom is -0.348 e. The number of carbonyl (C=O) groups is 1. The summed E-state index contributed by atoms with van der Waals surface area (Å²) in [6.45, 7) is 4.43. The van der Waals surface area contributed by atoms with Crippen LogP contribution in [0.1, 0.15) is 29.6 Å². The predicted molar refractivity (Wildman–Crippen MR) is 103 cm³/mol. The first kappa shape index (κ1) is 17.6. The smallest absolute Gasteiger partial charge is 0.251 e. The van der Waals surface area contributed by atoms with Crippen LogP contribution in [0.2, 0.25) is 0 Å². The second-order valence-electron chi connectivity index (χ2n) is 7.36. The van der Waals surface area contributed by atoms with Crippen LogP contribution in [-0.2, 0) is 0 Å². The highest BCUT2D eigenvalue weighted by atomic mass is 32.1. The van der Waals surface area contributed by atoms with Crippen molar-refractivity contribution in [2.24, 2.45) is 0 Å². The van der Waals surface area contributed by atoms with Gasteiger partial charge in [-0.25, -0.2) is 0 Å². The van der Waals surface area contributed by atoms with E-state index >= 15 is 0 Å². The highest BCUT2D eigenvalue weighted by Crippen LogP contribution is 2.22. The molecule has 6 nitrogen and oxygen atoms in total. The Balaban J connectivity index is 1.31. The van der Waals surface area contributed by atoms with Crippen LogP contribution in [0.25, 0.3) is 11.3 Å². The van der Waals surface area contributed by atoms with Gasteiger partial charge in [0.2, 0.25) is 0 Å². The lowest BCUT2D eigenvalue weighted by Gasteiger charge is -2.35. The molecule has 7 heteroatoms. The number of nitrogens with one attached hydrogen (secondary N) is 1. The van der Waals surface area contributed by atoms with Gasteiger partial charge in [-0.1, -0.05) is 16.6 Å². The zero-order chi connectivity index (χ0) is 17.9. The Morgan fingerprint density at radius 3 is 2.62 bits per heavy atom. The van der Waals surface area contributed by atoms with Crippen molar-refractivity contribution in [3.8, 4) is 11.3 Å². The summed E-state index contributed by atoms with van der Waals surface area (Å²) in [7, 11) is 2.19. The van der Waals surface area contributed by atoms with Crippen molar-refractivity contribution in [3.05, 3.63) is 35.2 Å². The van der Waals surface area contributed by atoms with Crippen LogP contribution in [0.4, 0.5) is 0 Å². The molecule has 1 N–H and O–H groups in total. The van der Waals surface area contributed by atoms with E-state index in [2.05, 4.69) is 31.8 Å². The Kier molecular flexibility index (Phi) is 5.28. The number of hydrogen-bond donors (Lipinski definition) is 1. The number of aromatic nitrogens is 2. The van der Waals surface area contributed by atoms with E-state index in [0.717, 1.165) is 30.8 Å². The normalized spacial score (nSPS) is 22.6. The van der Waals surface area contributed by atoms with Gasteiger partial charge in [0.15, 0.2) is 0 Å². The van der Waals surface area contributed by atoms with Gasteiger partial charge in [0, 0.05) is 41.7 Å². The van der Waals surface area contributed by atoms with E-state index in [9.17, 15) is 4.79 Å². The minimum absolute atomic E-state index is 0.0168. The molecule has 0 aliphatic carbocycles. The Hall–Kier alpha value is -1.83. The third-order valence-corrected chi connectivity index (χ3v) is 6.07. The predicted octanol–water partition coefficient (Wildman–Crippen LogP) is 2.10. The summed E-state index contributed by atoms with van der Waals surface area (Å²) in [5.74, 6) is 0.0168. The van der Waals surface area contributed by atoms with E-state index in [4.69, 9.17) is 0 Å². The highest BCUT2D eigenvalue weighted by Gasteiger charge is 2.30. The number of nitrogens with zero attached hydrogens (tertiary/aromatic N) is 4. The highest BCUT2D eigenvalue weighted by molar-refractivity contribution is 7.03. The molecule has 4 rings (SSSR count).